The van der Waals surface area contributed by atoms with E-state index in [1.54, 1.807) is 29.8 Å². The Balaban J connectivity index is 0.000000217. The van der Waals surface area contributed by atoms with Crippen molar-refractivity contribution in [3.05, 3.63) is 82.8 Å². The molecule has 0 spiro atoms. The third kappa shape index (κ3) is 13.6. The minimum Gasteiger partial charge on any atom is -0.494 e. The average molecular weight is 930 g/mol. The molecule has 6 unspecified atom stereocenters. The fraction of sp³-hybridized carbons (Fsp3) is 0.533. The van der Waals surface area contributed by atoms with Crippen LogP contribution in [-0.2, 0) is 26.7 Å². The minimum absolute atomic E-state index is 0.0579. The molecule has 6 atom stereocenters. The summed E-state index contributed by atoms with van der Waals surface area (Å²) in [5, 5.41) is 45.5. The van der Waals surface area contributed by atoms with Crippen molar-refractivity contribution in [3.8, 4) is 23.8 Å². The van der Waals surface area contributed by atoms with Crippen LogP contribution in [0, 0.1) is 51.7 Å². The number of nitrogen functional groups attached to an aromatic ring is 2. The molecule has 0 aliphatic heterocycles. The molecule has 0 amide bonds. The summed E-state index contributed by atoms with van der Waals surface area (Å²) in [5.41, 5.74) is 14.2. The molecule has 3 aromatic rings. The van der Waals surface area contributed by atoms with Gasteiger partial charge in [-0.15, -0.1) is 6.42 Å². The second-order valence-electron chi connectivity index (χ2n) is 17.0. The molecule has 3 fully saturated rings. The monoisotopic (exact) mass is 929 g/mol. The zero-order valence-corrected chi connectivity index (χ0v) is 38.0. The number of nitrogens with one attached hydrogen (secondary N) is 2. The third-order valence-electron chi connectivity index (χ3n) is 13.0. The lowest BCUT2D eigenvalue weighted by molar-refractivity contribution is -0.0975. The first-order valence-corrected chi connectivity index (χ1v) is 24.4. The Hall–Kier alpha value is -4.81. The fourth-order valence-corrected chi connectivity index (χ4v) is 10.1. The molecule has 0 saturated heterocycles. The predicted octanol–water partition coefficient (Wildman–Crippen LogP) is 4.84. The van der Waals surface area contributed by atoms with Gasteiger partial charge in [0.05, 0.1) is 44.1 Å². The maximum atomic E-state index is 11.1. The Morgan fingerprint density at radius 2 is 1.33 bits per heavy atom. The summed E-state index contributed by atoms with van der Waals surface area (Å²) in [6.07, 6.45) is 20.3. The average Bonchev–Trinajstić information content (AvgIpc) is 3.79. The lowest BCUT2D eigenvalue weighted by atomic mass is 9.46. The van der Waals surface area contributed by atoms with Gasteiger partial charge in [-0.25, -0.2) is 0 Å². The van der Waals surface area contributed by atoms with Crippen molar-refractivity contribution in [2.75, 3.05) is 37.9 Å². The number of rotatable bonds is 14. The molecule has 352 valence electrons. The van der Waals surface area contributed by atoms with Gasteiger partial charge in [-0.2, -0.15) is 16.8 Å². The Kier molecular flexibility index (Phi) is 18.1. The van der Waals surface area contributed by atoms with Crippen molar-refractivity contribution >= 4 is 38.0 Å². The number of amidine groups is 2. The number of unbranched alkanes of at least 4 members (excludes halogenated alkanes) is 2. The molecular weight excluding hydrogens is 867 g/mol. The van der Waals surface area contributed by atoms with E-state index in [1.165, 1.54) is 12.0 Å². The van der Waals surface area contributed by atoms with Gasteiger partial charge in [0.1, 0.15) is 28.8 Å². The molecule has 0 radical (unpaired) electrons. The second kappa shape index (κ2) is 22.4. The number of benzene rings is 2. The van der Waals surface area contributed by atoms with Crippen LogP contribution in [0.4, 0.5) is 0 Å². The molecule has 3 saturated carbocycles. The van der Waals surface area contributed by atoms with E-state index in [1.807, 2.05) is 30.5 Å². The Morgan fingerprint density at radius 3 is 1.77 bits per heavy atom. The normalized spacial score (nSPS) is 25.2. The van der Waals surface area contributed by atoms with Crippen LogP contribution in [0.5, 0.6) is 11.5 Å². The number of ether oxygens (including phenoxy) is 2. The first-order valence-electron chi connectivity index (χ1n) is 21.2. The lowest BCUT2D eigenvalue weighted by Gasteiger charge is -2.58. The summed E-state index contributed by atoms with van der Waals surface area (Å²) in [7, 11) is -7.85. The van der Waals surface area contributed by atoms with Gasteiger partial charge in [0, 0.05) is 22.1 Å². The summed E-state index contributed by atoms with van der Waals surface area (Å²) in [6, 6.07) is 14.4. The van der Waals surface area contributed by atoms with E-state index in [-0.39, 0.29) is 22.5 Å². The molecule has 11 N–H and O–H groups in total. The van der Waals surface area contributed by atoms with Crippen LogP contribution < -0.4 is 20.9 Å². The zero-order chi connectivity index (χ0) is 47.3. The van der Waals surface area contributed by atoms with E-state index >= 15 is 0 Å². The van der Waals surface area contributed by atoms with E-state index in [0.29, 0.717) is 42.1 Å². The molecule has 2 aromatic carbocycles. The van der Waals surface area contributed by atoms with Gasteiger partial charge in [-0.3, -0.25) is 19.9 Å². The highest BCUT2D eigenvalue weighted by atomic mass is 32.2. The SMILES string of the molecule is C#CC1(O)CCC2C3CCC4=Cc5oncc5CC4(C)C3CCC21C.N=C(N)c1ccc(OCCCCCOc2ccc(C(=N)N)cc2)cc1.O=S(=O)(O)CCO.O=S(=O)(O)CCO. The molecular formula is C45H63N5O12S2. The summed E-state index contributed by atoms with van der Waals surface area (Å²) in [6.45, 7) is 4.95. The number of aromatic nitrogens is 1. The van der Waals surface area contributed by atoms with E-state index < -0.39 is 50.6 Å². The Labute approximate surface area is 376 Å². The van der Waals surface area contributed by atoms with Crippen molar-refractivity contribution in [2.45, 2.75) is 83.7 Å². The van der Waals surface area contributed by atoms with Crippen LogP contribution in [0.2, 0.25) is 0 Å². The molecule has 0 bridgehead atoms. The quantitative estimate of drug-likeness (QED) is 0.0344. The summed E-state index contributed by atoms with van der Waals surface area (Å²) < 4.78 is 70.9. The topological polar surface area (TPSA) is 314 Å². The van der Waals surface area contributed by atoms with E-state index in [0.717, 1.165) is 75.0 Å². The molecule has 1 heterocycles. The van der Waals surface area contributed by atoms with Crippen molar-refractivity contribution in [1.29, 1.82) is 10.8 Å². The Bertz CT molecular complexity index is 2240. The van der Waals surface area contributed by atoms with Crippen LogP contribution in [0.1, 0.15) is 94.1 Å². The highest BCUT2D eigenvalue weighted by molar-refractivity contribution is 7.86. The zero-order valence-electron chi connectivity index (χ0n) is 36.4. The molecule has 19 heteroatoms. The Morgan fingerprint density at radius 1 is 0.828 bits per heavy atom. The smallest absolute Gasteiger partial charge is 0.267 e. The number of aliphatic hydroxyl groups is 3. The van der Waals surface area contributed by atoms with Gasteiger partial charge in [0.25, 0.3) is 20.2 Å². The minimum atomic E-state index is -3.92. The molecule has 4 aliphatic carbocycles. The van der Waals surface area contributed by atoms with E-state index in [2.05, 4.69) is 31.0 Å². The first kappa shape index (κ1) is 51.8. The molecule has 4 aliphatic rings. The second-order valence-corrected chi connectivity index (χ2v) is 20.2. The summed E-state index contributed by atoms with van der Waals surface area (Å²) in [4.78, 5) is 0. The van der Waals surface area contributed by atoms with Crippen LogP contribution in [0.3, 0.4) is 0 Å². The largest absolute Gasteiger partial charge is 0.494 e. The molecule has 7 rings (SSSR count). The number of hydrogen-bond acceptors (Lipinski definition) is 13. The summed E-state index contributed by atoms with van der Waals surface area (Å²) in [5.74, 6) is 6.17. The highest BCUT2D eigenvalue weighted by Crippen LogP contribution is 2.67. The fourth-order valence-electron chi connectivity index (χ4n) is 9.59. The van der Waals surface area contributed by atoms with Gasteiger partial charge < -0.3 is 40.8 Å². The maximum absolute atomic E-state index is 11.1. The number of nitrogens with two attached hydrogens (primary N) is 2. The van der Waals surface area contributed by atoms with Crippen molar-refractivity contribution in [2.24, 2.45) is 40.1 Å². The highest BCUT2D eigenvalue weighted by Gasteiger charge is 2.63. The summed E-state index contributed by atoms with van der Waals surface area (Å²) >= 11 is 0. The van der Waals surface area contributed by atoms with Crippen LogP contribution in [0.15, 0.2) is 64.8 Å². The number of allylic oxidation sites excluding steroid dienone is 1. The van der Waals surface area contributed by atoms with E-state index in [4.69, 9.17) is 62.0 Å². The third-order valence-corrected chi connectivity index (χ3v) is 14.4. The van der Waals surface area contributed by atoms with Crippen LogP contribution >= 0.6 is 0 Å². The maximum Gasteiger partial charge on any atom is 0.267 e. The van der Waals surface area contributed by atoms with Crippen molar-refractivity contribution in [3.63, 3.8) is 0 Å². The van der Waals surface area contributed by atoms with Gasteiger partial charge in [-0.05, 0) is 142 Å². The molecule has 1 aromatic heterocycles. The molecule has 64 heavy (non-hydrogen) atoms. The van der Waals surface area contributed by atoms with Crippen molar-refractivity contribution in [1.82, 2.24) is 5.16 Å². The first-order chi connectivity index (χ1) is 30.1. The molecule has 17 nitrogen and oxygen atoms in total. The van der Waals surface area contributed by atoms with Gasteiger partial charge in [0.2, 0.25) is 0 Å². The van der Waals surface area contributed by atoms with Crippen molar-refractivity contribution < 1.29 is 55.3 Å². The van der Waals surface area contributed by atoms with Gasteiger partial charge in [0.15, 0.2) is 5.76 Å². The lowest BCUT2D eigenvalue weighted by Crippen LogP contribution is -2.54. The van der Waals surface area contributed by atoms with Crippen LogP contribution in [0.25, 0.3) is 6.08 Å². The van der Waals surface area contributed by atoms with Gasteiger partial charge >= 0.3 is 0 Å². The number of aliphatic hydroxyl groups excluding tert-OH is 2. The van der Waals surface area contributed by atoms with E-state index in [9.17, 15) is 21.9 Å². The number of hydrogen-bond donors (Lipinski definition) is 9. The number of fused-ring (bicyclic) bond motifs is 6. The predicted molar refractivity (Wildman–Crippen MR) is 243 cm³/mol. The number of nitrogens with zero attached hydrogens (tertiary/aromatic N) is 1. The standard InChI is InChI=1S/C22H27NO2.C19H24N4O2.2C2H6O4S/c1-4-22(24)10-8-18-16-6-5-15-11-19-14(13-23-25-19)12-20(15,2)17(16)7-9-21(18,22)3;20-18(21)14-4-8-16(9-5-14)24-12-2-1-3-13-25-17-10-6-15(7-11-17)19(22)23;2*3-1-2-7(4,5)6/h1,11,13,16-18,24H,5-10,12H2,2-3H3;4-11H,1-3,12-13H2,(H3,20,21)(H3,22,23);2*3H,1-2H2,(H,4,5,6). The van der Waals surface area contributed by atoms with Gasteiger partial charge in [-0.1, -0.05) is 30.5 Å². The van der Waals surface area contributed by atoms with Crippen LogP contribution in [-0.4, -0.2) is 102 Å². The number of terminal acetylenes is 1.